The lowest BCUT2D eigenvalue weighted by atomic mass is 10.2. The van der Waals surface area contributed by atoms with Crippen LogP contribution in [0, 0.1) is 6.92 Å². The average molecular weight is 480 g/mol. The van der Waals surface area contributed by atoms with Gasteiger partial charge in [0.2, 0.25) is 5.88 Å². The van der Waals surface area contributed by atoms with Crippen molar-refractivity contribution in [2.24, 2.45) is 0 Å². The van der Waals surface area contributed by atoms with Crippen LogP contribution in [-0.2, 0) is 11.2 Å². The van der Waals surface area contributed by atoms with Gasteiger partial charge in [-0.25, -0.2) is 0 Å². The predicted octanol–water partition coefficient (Wildman–Crippen LogP) is 5.36. The van der Waals surface area contributed by atoms with Gasteiger partial charge in [-0.05, 0) is 62.1 Å². The van der Waals surface area contributed by atoms with Gasteiger partial charge in [0.15, 0.2) is 0 Å². The molecule has 1 atom stereocenters. The average Bonchev–Trinajstić information content (AvgIpc) is 3.09. The quantitative estimate of drug-likeness (QED) is 0.350. The highest BCUT2D eigenvalue weighted by molar-refractivity contribution is 8.26. The monoisotopic (exact) mass is 479 g/mol. The SMILES string of the molecule is CCc1ccc(Oc2nc3c(C)cccn3c(=O)c2/C=C2/SC(=S)N(C(C)CC)C2=O)cc1. The van der Waals surface area contributed by atoms with E-state index in [2.05, 4.69) is 11.9 Å². The molecule has 1 unspecified atom stereocenters. The topological polar surface area (TPSA) is 63.9 Å². The number of benzene rings is 1. The standard InChI is InChI=1S/C25H25N3O3S2/c1-5-16(4)28-24(30)20(33-25(28)32)14-19-22(31-18-11-9-17(6-2)10-12-18)26-21-15(3)8-7-13-27(21)23(19)29/h7-14,16H,5-6H2,1-4H3/b20-14+. The minimum Gasteiger partial charge on any atom is -0.438 e. The fourth-order valence-electron chi connectivity index (χ4n) is 3.57. The Morgan fingerprint density at radius 2 is 1.91 bits per heavy atom. The first kappa shape index (κ1) is 23.2. The first-order chi connectivity index (χ1) is 15.8. The van der Waals surface area contributed by atoms with Crippen molar-refractivity contribution in [2.75, 3.05) is 0 Å². The lowest BCUT2D eigenvalue weighted by Crippen LogP contribution is -2.36. The molecule has 33 heavy (non-hydrogen) atoms. The number of thioether (sulfide) groups is 1. The van der Waals surface area contributed by atoms with E-state index in [0.29, 0.717) is 20.6 Å². The van der Waals surface area contributed by atoms with E-state index in [1.54, 1.807) is 23.2 Å². The Kier molecular flexibility index (Phi) is 6.67. The second-order valence-corrected chi connectivity index (χ2v) is 9.60. The number of ether oxygens (including phenoxy) is 1. The summed E-state index contributed by atoms with van der Waals surface area (Å²) < 4.78 is 8.05. The van der Waals surface area contributed by atoms with Crippen molar-refractivity contribution in [1.29, 1.82) is 0 Å². The first-order valence-electron chi connectivity index (χ1n) is 10.9. The molecule has 1 aliphatic heterocycles. The van der Waals surface area contributed by atoms with Gasteiger partial charge in [0.05, 0.1) is 4.91 Å². The van der Waals surface area contributed by atoms with Gasteiger partial charge in [-0.1, -0.05) is 56.0 Å². The van der Waals surface area contributed by atoms with Crippen LogP contribution in [0.15, 0.2) is 52.3 Å². The van der Waals surface area contributed by atoms with Crippen LogP contribution in [0.4, 0.5) is 0 Å². The molecule has 0 spiro atoms. The van der Waals surface area contributed by atoms with Crippen LogP contribution in [0.2, 0.25) is 0 Å². The number of hydrogen-bond acceptors (Lipinski definition) is 6. The molecule has 170 valence electrons. The van der Waals surface area contributed by atoms with Gasteiger partial charge in [-0.15, -0.1) is 0 Å². The molecule has 3 aromatic rings. The first-order valence-corrected chi connectivity index (χ1v) is 12.1. The fourth-order valence-corrected chi connectivity index (χ4v) is 5.02. The number of aryl methyl sites for hydroxylation is 2. The summed E-state index contributed by atoms with van der Waals surface area (Å²) in [4.78, 5) is 33.2. The highest BCUT2D eigenvalue weighted by Gasteiger charge is 2.35. The largest absolute Gasteiger partial charge is 0.438 e. The van der Waals surface area contributed by atoms with Gasteiger partial charge < -0.3 is 4.74 Å². The molecule has 0 N–H and O–H groups in total. The molecule has 6 nitrogen and oxygen atoms in total. The van der Waals surface area contributed by atoms with Crippen molar-refractivity contribution in [1.82, 2.24) is 14.3 Å². The van der Waals surface area contributed by atoms with E-state index in [-0.39, 0.29) is 29.0 Å². The Bertz CT molecular complexity index is 1330. The maximum atomic E-state index is 13.5. The minimum atomic E-state index is -0.308. The van der Waals surface area contributed by atoms with Crippen LogP contribution in [0.5, 0.6) is 11.6 Å². The summed E-state index contributed by atoms with van der Waals surface area (Å²) in [6, 6.07) is 11.3. The summed E-state index contributed by atoms with van der Waals surface area (Å²) in [5.41, 5.74) is 2.43. The number of rotatable bonds is 6. The Hall–Kier alpha value is -2.97. The number of aromatic nitrogens is 2. The molecule has 1 aliphatic rings. The molecule has 3 heterocycles. The van der Waals surface area contributed by atoms with Crippen molar-refractivity contribution in [3.05, 3.63) is 74.5 Å². The van der Waals surface area contributed by atoms with Gasteiger partial charge >= 0.3 is 0 Å². The highest BCUT2D eigenvalue weighted by Crippen LogP contribution is 2.35. The van der Waals surface area contributed by atoms with E-state index in [9.17, 15) is 9.59 Å². The Balaban J connectivity index is 1.85. The number of fused-ring (bicyclic) bond motifs is 1. The summed E-state index contributed by atoms with van der Waals surface area (Å²) in [6.07, 6.45) is 4.92. The number of carbonyl (C=O) groups excluding carboxylic acids is 1. The predicted molar refractivity (Wildman–Crippen MR) is 137 cm³/mol. The van der Waals surface area contributed by atoms with E-state index >= 15 is 0 Å². The summed E-state index contributed by atoms with van der Waals surface area (Å²) in [7, 11) is 0. The third kappa shape index (κ3) is 4.45. The zero-order valence-corrected chi connectivity index (χ0v) is 20.6. The Morgan fingerprint density at radius 1 is 1.18 bits per heavy atom. The molecular formula is C25H25N3O3S2. The van der Waals surface area contributed by atoms with Crippen LogP contribution in [0.1, 0.15) is 43.9 Å². The fraction of sp³-hybridized carbons (Fsp3) is 0.280. The zero-order chi connectivity index (χ0) is 23.7. The third-order valence-corrected chi connectivity index (χ3v) is 7.06. The second-order valence-electron chi connectivity index (χ2n) is 7.93. The van der Waals surface area contributed by atoms with E-state index in [0.717, 1.165) is 18.4 Å². The number of pyridine rings is 1. The molecule has 0 saturated carbocycles. The van der Waals surface area contributed by atoms with E-state index < -0.39 is 0 Å². The van der Waals surface area contributed by atoms with Gasteiger partial charge in [0, 0.05) is 12.2 Å². The second kappa shape index (κ2) is 9.49. The van der Waals surface area contributed by atoms with Gasteiger partial charge in [0.1, 0.15) is 21.3 Å². The maximum absolute atomic E-state index is 13.5. The van der Waals surface area contributed by atoms with Crippen molar-refractivity contribution < 1.29 is 9.53 Å². The Labute approximate surface area is 202 Å². The molecule has 1 fully saturated rings. The summed E-state index contributed by atoms with van der Waals surface area (Å²) >= 11 is 6.63. The molecular weight excluding hydrogens is 454 g/mol. The van der Waals surface area contributed by atoms with Crippen molar-refractivity contribution in [3.63, 3.8) is 0 Å². The number of hydrogen-bond donors (Lipinski definition) is 0. The van der Waals surface area contributed by atoms with Crippen LogP contribution in [0.3, 0.4) is 0 Å². The van der Waals surface area contributed by atoms with Gasteiger partial charge in [0.25, 0.3) is 11.5 Å². The number of amides is 1. The number of thiocarbonyl (C=S) groups is 1. The molecule has 1 amide bonds. The number of carbonyl (C=O) groups is 1. The smallest absolute Gasteiger partial charge is 0.269 e. The van der Waals surface area contributed by atoms with E-state index in [1.165, 1.54) is 21.7 Å². The summed E-state index contributed by atoms with van der Waals surface area (Å²) in [5, 5.41) is 0. The zero-order valence-electron chi connectivity index (χ0n) is 19.0. The Morgan fingerprint density at radius 3 is 2.58 bits per heavy atom. The molecule has 0 radical (unpaired) electrons. The van der Waals surface area contributed by atoms with Crippen molar-refractivity contribution >= 4 is 45.9 Å². The molecule has 2 aromatic heterocycles. The molecule has 8 heteroatoms. The van der Waals surface area contributed by atoms with E-state index in [4.69, 9.17) is 17.0 Å². The normalized spacial score (nSPS) is 16.1. The van der Waals surface area contributed by atoms with Crippen LogP contribution in [-0.4, -0.2) is 30.6 Å². The van der Waals surface area contributed by atoms with Gasteiger partial charge in [-0.2, -0.15) is 4.98 Å². The summed E-state index contributed by atoms with van der Waals surface area (Å²) in [5.74, 6) is 0.525. The maximum Gasteiger partial charge on any atom is 0.269 e. The van der Waals surface area contributed by atoms with Crippen LogP contribution < -0.4 is 10.3 Å². The van der Waals surface area contributed by atoms with Crippen molar-refractivity contribution in [2.45, 2.75) is 46.6 Å². The van der Waals surface area contributed by atoms with E-state index in [1.807, 2.05) is 51.1 Å². The molecule has 1 aromatic carbocycles. The molecule has 1 saturated heterocycles. The molecule has 4 rings (SSSR count). The molecule has 0 aliphatic carbocycles. The number of nitrogens with zero attached hydrogens (tertiary/aromatic N) is 3. The van der Waals surface area contributed by atoms with Crippen LogP contribution in [0.25, 0.3) is 11.7 Å². The lowest BCUT2D eigenvalue weighted by molar-refractivity contribution is -0.123. The highest BCUT2D eigenvalue weighted by atomic mass is 32.2. The lowest BCUT2D eigenvalue weighted by Gasteiger charge is -2.21. The summed E-state index contributed by atoms with van der Waals surface area (Å²) in [6.45, 7) is 7.93. The van der Waals surface area contributed by atoms with Crippen molar-refractivity contribution in [3.8, 4) is 11.6 Å². The minimum absolute atomic E-state index is 0.0188. The third-order valence-electron chi connectivity index (χ3n) is 5.73. The molecule has 0 bridgehead atoms. The van der Waals surface area contributed by atoms with Crippen LogP contribution >= 0.6 is 24.0 Å². The van der Waals surface area contributed by atoms with Gasteiger partial charge in [-0.3, -0.25) is 18.9 Å².